The number of nitrogens with one attached hydrogen (secondary N) is 2. The van der Waals surface area contributed by atoms with Crippen molar-refractivity contribution in [1.29, 1.82) is 0 Å². The molecule has 4 N–H and O–H groups in total. The Bertz CT molecular complexity index is 2190. The fourth-order valence-electron chi connectivity index (χ4n) is 8.10. The molecular weight excluding hydrogens is 719 g/mol. The fourth-order valence-corrected chi connectivity index (χ4v) is 8.10. The number of aromatic nitrogens is 2. The minimum atomic E-state index is -2.18. The minimum Gasteiger partial charge on any atom is -0.440 e. The monoisotopic (exact) mass is 756 g/mol. The summed E-state index contributed by atoms with van der Waals surface area (Å²) in [6.45, 7) is 0. The zero-order chi connectivity index (χ0) is 38.6. The van der Waals surface area contributed by atoms with Crippen molar-refractivity contribution in [2.75, 3.05) is 0 Å². The number of nitrogens with zero attached hydrogens (tertiary/aromatic N) is 2. The third-order valence-electron chi connectivity index (χ3n) is 11.5. The Morgan fingerprint density at radius 2 is 0.857 bits per heavy atom. The Balaban J connectivity index is 0.000000146. The van der Waals surface area contributed by atoms with E-state index in [1.54, 1.807) is 60.9 Å². The van der Waals surface area contributed by atoms with Crippen LogP contribution in [0.4, 0.5) is 8.78 Å². The molecular formula is C44H38F2N4O6. The first kappa shape index (κ1) is 35.7. The maximum atomic E-state index is 15.5. The number of rotatable bonds is 10. The first-order chi connectivity index (χ1) is 27.2. The van der Waals surface area contributed by atoms with E-state index in [9.17, 15) is 9.59 Å². The predicted octanol–water partition coefficient (Wildman–Crippen LogP) is 8.63. The van der Waals surface area contributed by atoms with Crippen LogP contribution in [0.2, 0.25) is 0 Å². The topological polar surface area (TPSA) is 151 Å². The van der Waals surface area contributed by atoms with Gasteiger partial charge in [-0.25, -0.2) is 29.7 Å². The second kappa shape index (κ2) is 13.9. The molecule has 4 aromatic carbocycles. The molecule has 4 aliphatic carbocycles. The van der Waals surface area contributed by atoms with Gasteiger partial charge in [0.05, 0.1) is 12.4 Å². The molecule has 0 radical (unpaired) electrons. The molecule has 4 fully saturated rings. The Labute approximate surface area is 320 Å². The van der Waals surface area contributed by atoms with Gasteiger partial charge >= 0.3 is 0 Å². The quantitative estimate of drug-likeness (QED) is 0.0802. The minimum absolute atomic E-state index is 0.440. The summed E-state index contributed by atoms with van der Waals surface area (Å²) in [4.78, 5) is 32.8. The molecule has 0 unspecified atom stereocenters. The second-order valence-electron chi connectivity index (χ2n) is 15.1. The summed E-state index contributed by atoms with van der Waals surface area (Å²) in [5.74, 6) is -0.838. The number of hydrogen-bond acceptors (Lipinski definition) is 8. The van der Waals surface area contributed by atoms with Gasteiger partial charge in [0, 0.05) is 46.6 Å². The molecule has 0 saturated heterocycles. The van der Waals surface area contributed by atoms with Gasteiger partial charge in [-0.1, -0.05) is 109 Å². The summed E-state index contributed by atoms with van der Waals surface area (Å²) < 4.78 is 42.7. The van der Waals surface area contributed by atoms with E-state index in [1.165, 1.54) is 11.0 Å². The average Bonchev–Trinajstić information content (AvgIpc) is 4.20. The SMILES string of the molecule is O=C(NO)[C@@]1(F)[C@H](c2ccccc2)[C@H]1c1ccc(-c2cnc(C3CC3)o2)cc1.O=C(NO)[C@]1(F)[C@H](c2ccccc2)[C@H]1c1ccc(-c2cnc(C3CC3)o2)cc1. The number of halogens is 2. The Hall–Kier alpha value is -5.98. The smallest absolute Gasteiger partial charge is 0.282 e. The van der Waals surface area contributed by atoms with E-state index in [1.807, 2.05) is 60.7 Å². The van der Waals surface area contributed by atoms with Crippen LogP contribution in [0.1, 0.15) is 95.2 Å². The predicted molar refractivity (Wildman–Crippen MR) is 199 cm³/mol. The van der Waals surface area contributed by atoms with Crippen molar-refractivity contribution < 1.29 is 37.6 Å². The molecule has 4 saturated carbocycles. The number of hydrogen-bond donors (Lipinski definition) is 4. The molecule has 2 aromatic heterocycles. The third kappa shape index (κ3) is 6.28. The summed E-state index contributed by atoms with van der Waals surface area (Å²) in [6.07, 6.45) is 7.90. The number of hydroxylamine groups is 2. The molecule has 4 aliphatic rings. The van der Waals surface area contributed by atoms with Gasteiger partial charge in [-0.05, 0) is 47.9 Å². The van der Waals surface area contributed by atoms with Crippen LogP contribution in [0.25, 0.3) is 22.6 Å². The Morgan fingerprint density at radius 3 is 1.16 bits per heavy atom. The molecule has 10 nitrogen and oxygen atoms in total. The summed E-state index contributed by atoms with van der Waals surface area (Å²) in [7, 11) is 0. The van der Waals surface area contributed by atoms with E-state index in [2.05, 4.69) is 9.97 Å². The van der Waals surface area contributed by atoms with Crippen LogP contribution in [0, 0.1) is 0 Å². The summed E-state index contributed by atoms with van der Waals surface area (Å²) in [6, 6.07) is 32.8. The van der Waals surface area contributed by atoms with E-state index < -0.39 is 46.8 Å². The van der Waals surface area contributed by atoms with Crippen molar-refractivity contribution in [2.45, 2.75) is 72.5 Å². The highest BCUT2D eigenvalue weighted by Crippen LogP contribution is 2.67. The molecule has 6 aromatic rings. The van der Waals surface area contributed by atoms with Gasteiger partial charge in [-0.3, -0.25) is 20.0 Å². The maximum Gasteiger partial charge on any atom is 0.282 e. The largest absolute Gasteiger partial charge is 0.440 e. The van der Waals surface area contributed by atoms with Crippen LogP contribution >= 0.6 is 0 Å². The lowest BCUT2D eigenvalue weighted by Crippen LogP contribution is -2.33. The number of carbonyl (C=O) groups is 2. The standard InChI is InChI=1S/2C22H19FN2O3/c2*23-22(21(26)25-27)18(14-4-2-1-3-5-14)19(22)15-8-6-13(7-9-15)17-12-24-20(28-17)16-10-11-16/h2*1-9,12,16,18-19,27H,10-11H2,(H,25,26)/t18-,19-,22+;18-,19-,22-/m11/s1. The van der Waals surface area contributed by atoms with Crippen molar-refractivity contribution in [3.05, 3.63) is 156 Å². The van der Waals surface area contributed by atoms with E-state index in [0.717, 1.165) is 59.7 Å². The molecule has 56 heavy (non-hydrogen) atoms. The third-order valence-corrected chi connectivity index (χ3v) is 11.5. The van der Waals surface area contributed by atoms with Gasteiger partial charge < -0.3 is 8.83 Å². The Kier molecular flexibility index (Phi) is 8.89. The van der Waals surface area contributed by atoms with Crippen molar-refractivity contribution in [3.8, 4) is 22.6 Å². The number of benzene rings is 4. The maximum absolute atomic E-state index is 15.5. The molecule has 2 heterocycles. The van der Waals surface area contributed by atoms with Gasteiger partial charge in [0.25, 0.3) is 11.8 Å². The van der Waals surface area contributed by atoms with Crippen LogP contribution in [0.15, 0.2) is 130 Å². The molecule has 284 valence electrons. The number of oxazole rings is 2. The Morgan fingerprint density at radius 1 is 0.536 bits per heavy atom. The van der Waals surface area contributed by atoms with Crippen molar-refractivity contribution >= 4 is 11.8 Å². The van der Waals surface area contributed by atoms with Crippen LogP contribution in [-0.4, -0.2) is 43.5 Å². The van der Waals surface area contributed by atoms with Gasteiger partial charge in [0.1, 0.15) is 0 Å². The van der Waals surface area contributed by atoms with Gasteiger partial charge in [-0.2, -0.15) is 0 Å². The summed E-state index contributed by atoms with van der Waals surface area (Å²) in [5.41, 5.74) is 3.19. The fraction of sp³-hybridized carbons (Fsp3) is 0.273. The normalized spacial score (nSPS) is 26.1. The molecule has 0 spiro atoms. The van der Waals surface area contributed by atoms with Crippen LogP contribution in [-0.2, 0) is 9.59 Å². The highest BCUT2D eigenvalue weighted by Gasteiger charge is 2.73. The molecule has 0 bridgehead atoms. The highest BCUT2D eigenvalue weighted by atomic mass is 19.1. The van der Waals surface area contributed by atoms with E-state index in [0.29, 0.717) is 34.5 Å². The number of alkyl halides is 2. The lowest BCUT2D eigenvalue weighted by Gasteiger charge is -2.06. The summed E-state index contributed by atoms with van der Waals surface area (Å²) in [5, 5.41) is 18.1. The number of carbonyl (C=O) groups excluding carboxylic acids is 2. The van der Waals surface area contributed by atoms with Crippen molar-refractivity contribution in [2.24, 2.45) is 0 Å². The first-order valence-corrected chi connectivity index (χ1v) is 18.7. The van der Waals surface area contributed by atoms with Crippen molar-refractivity contribution in [3.63, 3.8) is 0 Å². The average molecular weight is 757 g/mol. The first-order valence-electron chi connectivity index (χ1n) is 18.7. The van der Waals surface area contributed by atoms with Gasteiger partial charge in [0.2, 0.25) is 11.3 Å². The zero-order valence-corrected chi connectivity index (χ0v) is 30.0. The zero-order valence-electron chi connectivity index (χ0n) is 30.0. The molecule has 10 rings (SSSR count). The molecule has 2 amide bonds. The van der Waals surface area contributed by atoms with E-state index in [4.69, 9.17) is 19.2 Å². The van der Waals surface area contributed by atoms with Crippen molar-refractivity contribution in [1.82, 2.24) is 20.9 Å². The highest BCUT2D eigenvalue weighted by molar-refractivity contribution is 5.93. The van der Waals surface area contributed by atoms with Gasteiger partial charge in [0.15, 0.2) is 23.3 Å². The van der Waals surface area contributed by atoms with E-state index in [-0.39, 0.29) is 0 Å². The van der Waals surface area contributed by atoms with Crippen LogP contribution in [0.5, 0.6) is 0 Å². The lowest BCUT2D eigenvalue weighted by molar-refractivity contribution is -0.136. The van der Waals surface area contributed by atoms with Crippen LogP contribution < -0.4 is 11.0 Å². The summed E-state index contributed by atoms with van der Waals surface area (Å²) >= 11 is 0. The van der Waals surface area contributed by atoms with E-state index >= 15 is 8.78 Å². The molecule has 12 heteroatoms. The number of amides is 2. The van der Waals surface area contributed by atoms with Gasteiger partial charge in [-0.15, -0.1) is 0 Å². The lowest BCUT2D eigenvalue weighted by atomic mass is 10.0. The van der Waals surface area contributed by atoms with Crippen LogP contribution in [0.3, 0.4) is 0 Å². The second-order valence-corrected chi connectivity index (χ2v) is 15.1. The molecule has 6 atom stereocenters. The molecule has 0 aliphatic heterocycles.